The molecule has 0 amide bonds. The first-order valence-corrected chi connectivity index (χ1v) is 7.18. The van der Waals surface area contributed by atoms with Gasteiger partial charge in [-0.3, -0.25) is 0 Å². The zero-order valence-electron chi connectivity index (χ0n) is 12.9. The second kappa shape index (κ2) is 7.86. The first-order valence-electron chi connectivity index (χ1n) is 7.18. The molecule has 0 saturated heterocycles. The third kappa shape index (κ3) is 4.92. The minimum atomic E-state index is 0.452. The first-order chi connectivity index (χ1) is 10.2. The third-order valence-electron chi connectivity index (χ3n) is 3.20. The Bertz CT molecular complexity index is 531. The van der Waals surface area contributed by atoms with Crippen molar-refractivity contribution in [1.82, 2.24) is 5.32 Å². The molecule has 0 atom stereocenters. The van der Waals surface area contributed by atoms with Crippen molar-refractivity contribution < 1.29 is 13.9 Å². The van der Waals surface area contributed by atoms with Crippen LogP contribution in [0.4, 0.5) is 0 Å². The van der Waals surface area contributed by atoms with Gasteiger partial charge in [-0.1, -0.05) is 26.0 Å². The Morgan fingerprint density at radius 3 is 2.52 bits per heavy atom. The highest BCUT2D eigenvalue weighted by atomic mass is 16.5. The Labute approximate surface area is 126 Å². The van der Waals surface area contributed by atoms with Crippen LogP contribution in [0, 0.1) is 0 Å². The van der Waals surface area contributed by atoms with E-state index in [1.54, 1.807) is 13.4 Å². The molecule has 0 spiro atoms. The summed E-state index contributed by atoms with van der Waals surface area (Å²) in [6.45, 7) is 6.09. The van der Waals surface area contributed by atoms with Crippen LogP contribution in [-0.4, -0.2) is 13.2 Å². The average Bonchev–Trinajstić information content (AvgIpc) is 2.93. The van der Waals surface area contributed by atoms with E-state index in [1.165, 1.54) is 0 Å². The molecule has 0 unspecified atom stereocenters. The Morgan fingerprint density at radius 1 is 1.10 bits per heavy atom. The minimum absolute atomic E-state index is 0.452. The first kappa shape index (κ1) is 15.6. The van der Waals surface area contributed by atoms with E-state index in [1.807, 2.05) is 30.3 Å². The van der Waals surface area contributed by atoms with Gasteiger partial charge in [0.1, 0.15) is 18.1 Å². The fraction of sp³-hybridized carbons (Fsp3) is 0.412. The zero-order chi connectivity index (χ0) is 15.1. The van der Waals surface area contributed by atoms with Crippen LogP contribution in [0.1, 0.15) is 30.7 Å². The number of nitrogens with one attached hydrogen (secondary N) is 1. The summed E-state index contributed by atoms with van der Waals surface area (Å²) in [6.07, 6.45) is 1.71. The van der Waals surface area contributed by atoms with Gasteiger partial charge in [-0.2, -0.15) is 0 Å². The number of furan rings is 1. The molecule has 21 heavy (non-hydrogen) atoms. The van der Waals surface area contributed by atoms with Crippen LogP contribution in [0.3, 0.4) is 0 Å². The van der Waals surface area contributed by atoms with Crippen molar-refractivity contribution in [3.8, 4) is 5.75 Å². The SMILES string of the molecule is COc1ccc(COCc2occc2CNC(C)C)cc1. The lowest BCUT2D eigenvalue weighted by atomic mass is 10.2. The molecule has 1 aromatic heterocycles. The molecule has 114 valence electrons. The van der Waals surface area contributed by atoms with Gasteiger partial charge in [0.25, 0.3) is 0 Å². The quantitative estimate of drug-likeness (QED) is 0.807. The number of methoxy groups -OCH3 is 1. The monoisotopic (exact) mass is 289 g/mol. The largest absolute Gasteiger partial charge is 0.497 e. The molecule has 0 bridgehead atoms. The van der Waals surface area contributed by atoms with E-state index in [0.717, 1.165) is 29.2 Å². The topological polar surface area (TPSA) is 43.6 Å². The molecule has 0 aliphatic rings. The van der Waals surface area contributed by atoms with Gasteiger partial charge in [0.05, 0.1) is 20.0 Å². The maximum atomic E-state index is 5.72. The van der Waals surface area contributed by atoms with Crippen LogP contribution < -0.4 is 10.1 Å². The van der Waals surface area contributed by atoms with Crippen molar-refractivity contribution >= 4 is 0 Å². The van der Waals surface area contributed by atoms with Gasteiger partial charge in [-0.25, -0.2) is 0 Å². The summed E-state index contributed by atoms with van der Waals surface area (Å²) in [5.41, 5.74) is 2.27. The normalized spacial score (nSPS) is 11.0. The molecule has 1 N–H and O–H groups in total. The Kier molecular flexibility index (Phi) is 5.84. The lowest BCUT2D eigenvalue weighted by Crippen LogP contribution is -2.22. The van der Waals surface area contributed by atoms with Crippen molar-refractivity contribution in [3.63, 3.8) is 0 Å². The summed E-state index contributed by atoms with van der Waals surface area (Å²) in [4.78, 5) is 0. The van der Waals surface area contributed by atoms with Crippen molar-refractivity contribution in [2.45, 2.75) is 39.6 Å². The Balaban J connectivity index is 1.81. The maximum Gasteiger partial charge on any atom is 0.133 e. The molecule has 0 radical (unpaired) electrons. The van der Waals surface area contributed by atoms with Crippen LogP contribution >= 0.6 is 0 Å². The molecule has 0 aliphatic carbocycles. The summed E-state index contributed by atoms with van der Waals surface area (Å²) in [5, 5.41) is 3.38. The maximum absolute atomic E-state index is 5.72. The predicted octanol–water partition coefficient (Wildman–Crippen LogP) is 3.50. The molecule has 0 saturated carbocycles. The molecule has 2 aromatic rings. The molecular weight excluding hydrogens is 266 g/mol. The number of ether oxygens (including phenoxy) is 2. The second-order valence-corrected chi connectivity index (χ2v) is 5.25. The fourth-order valence-corrected chi connectivity index (χ4v) is 1.95. The van der Waals surface area contributed by atoms with Crippen LogP contribution in [0.15, 0.2) is 41.0 Å². The van der Waals surface area contributed by atoms with Gasteiger partial charge in [0, 0.05) is 18.2 Å². The number of benzene rings is 1. The van der Waals surface area contributed by atoms with Crippen molar-refractivity contribution in [2.24, 2.45) is 0 Å². The van der Waals surface area contributed by atoms with E-state index in [0.29, 0.717) is 19.3 Å². The molecule has 1 heterocycles. The Hall–Kier alpha value is -1.78. The van der Waals surface area contributed by atoms with Gasteiger partial charge in [-0.15, -0.1) is 0 Å². The summed E-state index contributed by atoms with van der Waals surface area (Å²) < 4.78 is 16.3. The molecule has 4 nitrogen and oxygen atoms in total. The number of hydrogen-bond acceptors (Lipinski definition) is 4. The predicted molar refractivity (Wildman–Crippen MR) is 82.2 cm³/mol. The highest BCUT2D eigenvalue weighted by Crippen LogP contribution is 2.15. The lowest BCUT2D eigenvalue weighted by molar-refractivity contribution is 0.0920. The lowest BCUT2D eigenvalue weighted by Gasteiger charge is -2.09. The molecule has 1 aromatic carbocycles. The number of rotatable bonds is 8. The van der Waals surface area contributed by atoms with Crippen LogP contribution in [0.2, 0.25) is 0 Å². The van der Waals surface area contributed by atoms with Crippen molar-refractivity contribution in [1.29, 1.82) is 0 Å². The van der Waals surface area contributed by atoms with Crippen LogP contribution in [0.25, 0.3) is 0 Å². The van der Waals surface area contributed by atoms with Gasteiger partial charge >= 0.3 is 0 Å². The van der Waals surface area contributed by atoms with E-state index in [9.17, 15) is 0 Å². The molecular formula is C17H23NO3. The van der Waals surface area contributed by atoms with Crippen LogP contribution in [-0.2, 0) is 24.5 Å². The van der Waals surface area contributed by atoms with Gasteiger partial charge in [-0.05, 0) is 23.8 Å². The van der Waals surface area contributed by atoms with Crippen molar-refractivity contribution in [2.75, 3.05) is 7.11 Å². The summed E-state index contributed by atoms with van der Waals surface area (Å²) in [6, 6.07) is 10.3. The summed E-state index contributed by atoms with van der Waals surface area (Å²) in [5.74, 6) is 1.74. The highest BCUT2D eigenvalue weighted by molar-refractivity contribution is 5.26. The molecule has 2 rings (SSSR count). The summed E-state index contributed by atoms with van der Waals surface area (Å²) in [7, 11) is 1.66. The molecule has 0 aliphatic heterocycles. The van der Waals surface area contributed by atoms with Crippen molar-refractivity contribution in [3.05, 3.63) is 53.5 Å². The van der Waals surface area contributed by atoms with Gasteiger partial charge in [0.15, 0.2) is 0 Å². The standard InChI is InChI=1S/C17H23NO3/c1-13(2)18-10-15-8-9-21-17(15)12-20-11-14-4-6-16(19-3)7-5-14/h4-9,13,18H,10-12H2,1-3H3. The van der Waals surface area contributed by atoms with Gasteiger partial charge < -0.3 is 19.2 Å². The van der Waals surface area contributed by atoms with E-state index >= 15 is 0 Å². The smallest absolute Gasteiger partial charge is 0.133 e. The zero-order valence-corrected chi connectivity index (χ0v) is 12.9. The average molecular weight is 289 g/mol. The number of hydrogen-bond donors (Lipinski definition) is 1. The van der Waals surface area contributed by atoms with E-state index in [2.05, 4.69) is 19.2 Å². The van der Waals surface area contributed by atoms with E-state index < -0.39 is 0 Å². The second-order valence-electron chi connectivity index (χ2n) is 5.25. The van der Waals surface area contributed by atoms with E-state index in [-0.39, 0.29) is 0 Å². The summed E-state index contributed by atoms with van der Waals surface area (Å²) >= 11 is 0. The molecule has 4 heteroatoms. The highest BCUT2D eigenvalue weighted by Gasteiger charge is 2.07. The Morgan fingerprint density at radius 2 is 1.86 bits per heavy atom. The fourth-order valence-electron chi connectivity index (χ4n) is 1.95. The van der Waals surface area contributed by atoms with Crippen LogP contribution in [0.5, 0.6) is 5.75 Å². The molecule has 0 fully saturated rings. The minimum Gasteiger partial charge on any atom is -0.497 e. The van der Waals surface area contributed by atoms with E-state index in [4.69, 9.17) is 13.9 Å². The third-order valence-corrected chi connectivity index (χ3v) is 3.20. The van der Waals surface area contributed by atoms with Gasteiger partial charge in [0.2, 0.25) is 0 Å².